The fraction of sp³-hybridized carbons (Fsp3) is 0.318. The van der Waals surface area contributed by atoms with E-state index < -0.39 is 5.82 Å². The molecule has 5 rings (SSSR count). The second-order valence-corrected chi connectivity index (χ2v) is 7.89. The monoisotopic (exact) mass is 435 g/mol. The second kappa shape index (κ2) is 7.70. The minimum Gasteiger partial charge on any atom is -0.421 e. The quantitative estimate of drug-likeness (QED) is 0.469. The van der Waals surface area contributed by atoms with Crippen molar-refractivity contribution in [2.24, 2.45) is 0 Å². The first kappa shape index (κ1) is 20.1. The molecule has 1 aromatic carbocycles. The lowest BCUT2D eigenvalue weighted by Crippen LogP contribution is -2.27. The molecule has 0 unspecified atom stereocenters. The number of nitrogens with zero attached hydrogens (tertiary/aromatic N) is 5. The molecule has 164 valence electrons. The van der Waals surface area contributed by atoms with Gasteiger partial charge in [0.25, 0.3) is 11.4 Å². The Hall–Kier alpha value is -3.82. The first-order chi connectivity index (χ1) is 15.5. The summed E-state index contributed by atoms with van der Waals surface area (Å²) in [5, 5.41) is 12.0. The third-order valence-corrected chi connectivity index (χ3v) is 5.66. The zero-order valence-electron chi connectivity index (χ0n) is 17.7. The third-order valence-electron chi connectivity index (χ3n) is 5.66. The van der Waals surface area contributed by atoms with Gasteiger partial charge in [-0.3, -0.25) is 4.79 Å². The standard InChI is InChI=1S/C22H22FN7O2/c1-3-15(27-20-18(19(24)25-10-26-20)21-29-28-11(2)32-21)16-9-12-5-4-6-14(23)17(12)22(31)30(16)13-7-8-13/h4-6,9-10,13,15H,3,7-8H2,1-2H3,(H3,24,25,26,27)/t15-/m0/s1. The summed E-state index contributed by atoms with van der Waals surface area (Å²) in [6.07, 6.45) is 3.76. The molecule has 4 aromatic rings. The fourth-order valence-corrected chi connectivity index (χ4v) is 4.00. The molecule has 3 aromatic heterocycles. The first-order valence-electron chi connectivity index (χ1n) is 10.5. The van der Waals surface area contributed by atoms with Gasteiger partial charge in [-0.15, -0.1) is 10.2 Å². The number of nitrogen functional groups attached to an aromatic ring is 1. The predicted octanol–water partition coefficient (Wildman–Crippen LogP) is 3.77. The zero-order chi connectivity index (χ0) is 22.4. The van der Waals surface area contributed by atoms with Crippen LogP contribution in [-0.4, -0.2) is 24.7 Å². The number of hydrogen-bond acceptors (Lipinski definition) is 8. The average Bonchev–Trinajstić information content (AvgIpc) is 3.51. The van der Waals surface area contributed by atoms with Crippen molar-refractivity contribution in [1.29, 1.82) is 0 Å². The van der Waals surface area contributed by atoms with Crippen LogP contribution in [0.3, 0.4) is 0 Å². The third kappa shape index (κ3) is 3.37. The SMILES string of the molecule is CC[C@H](Nc1ncnc(N)c1-c1nnc(C)o1)c1cc2cccc(F)c2c(=O)n1C1CC1. The molecule has 1 aliphatic carbocycles. The number of nitrogens with one attached hydrogen (secondary N) is 1. The van der Waals surface area contributed by atoms with Crippen LogP contribution < -0.4 is 16.6 Å². The molecule has 32 heavy (non-hydrogen) atoms. The number of halogens is 1. The highest BCUT2D eigenvalue weighted by atomic mass is 19.1. The lowest BCUT2D eigenvalue weighted by molar-refractivity contribution is 0.532. The summed E-state index contributed by atoms with van der Waals surface area (Å²) in [6.45, 7) is 3.68. The van der Waals surface area contributed by atoms with Gasteiger partial charge in [-0.1, -0.05) is 19.1 Å². The van der Waals surface area contributed by atoms with Gasteiger partial charge in [0.15, 0.2) is 0 Å². The van der Waals surface area contributed by atoms with Gasteiger partial charge in [-0.05, 0) is 36.8 Å². The maximum Gasteiger partial charge on any atom is 0.261 e. The summed E-state index contributed by atoms with van der Waals surface area (Å²) in [5.41, 5.74) is 6.96. The van der Waals surface area contributed by atoms with Gasteiger partial charge in [-0.25, -0.2) is 14.4 Å². The summed E-state index contributed by atoms with van der Waals surface area (Å²) in [6, 6.07) is 6.32. The Morgan fingerprint density at radius 2 is 2.12 bits per heavy atom. The Morgan fingerprint density at radius 3 is 2.81 bits per heavy atom. The number of aryl methyl sites for hydroxylation is 1. The molecule has 10 heteroatoms. The van der Waals surface area contributed by atoms with E-state index in [9.17, 15) is 9.18 Å². The number of fused-ring (bicyclic) bond motifs is 1. The lowest BCUT2D eigenvalue weighted by Gasteiger charge is -2.24. The lowest BCUT2D eigenvalue weighted by atomic mass is 10.0. The zero-order valence-corrected chi connectivity index (χ0v) is 17.7. The molecule has 0 radical (unpaired) electrons. The van der Waals surface area contributed by atoms with Crippen molar-refractivity contribution >= 4 is 22.4 Å². The topological polar surface area (TPSA) is 125 Å². The summed E-state index contributed by atoms with van der Waals surface area (Å²) < 4.78 is 21.7. The predicted molar refractivity (Wildman–Crippen MR) is 118 cm³/mol. The van der Waals surface area contributed by atoms with Crippen molar-refractivity contribution in [3.63, 3.8) is 0 Å². The molecule has 0 bridgehead atoms. The van der Waals surface area contributed by atoms with E-state index >= 15 is 0 Å². The van der Waals surface area contributed by atoms with Crippen LogP contribution >= 0.6 is 0 Å². The van der Waals surface area contributed by atoms with Crippen molar-refractivity contribution in [3.05, 3.63) is 58.3 Å². The molecule has 3 heterocycles. The number of pyridine rings is 1. The Bertz CT molecular complexity index is 1380. The van der Waals surface area contributed by atoms with E-state index in [0.29, 0.717) is 29.1 Å². The van der Waals surface area contributed by atoms with Crippen LogP contribution in [0.4, 0.5) is 16.0 Å². The van der Waals surface area contributed by atoms with Gasteiger partial charge in [0.05, 0.1) is 11.4 Å². The van der Waals surface area contributed by atoms with Crippen molar-refractivity contribution < 1.29 is 8.81 Å². The fourth-order valence-electron chi connectivity index (χ4n) is 4.00. The first-order valence-corrected chi connectivity index (χ1v) is 10.5. The maximum atomic E-state index is 14.5. The van der Waals surface area contributed by atoms with E-state index in [-0.39, 0.29) is 34.7 Å². The molecule has 1 atom stereocenters. The Labute approximate surface area is 182 Å². The average molecular weight is 435 g/mol. The molecule has 0 saturated heterocycles. The molecule has 0 aliphatic heterocycles. The smallest absolute Gasteiger partial charge is 0.261 e. The summed E-state index contributed by atoms with van der Waals surface area (Å²) in [7, 11) is 0. The molecule has 3 N–H and O–H groups in total. The highest BCUT2D eigenvalue weighted by Crippen LogP contribution is 2.39. The highest BCUT2D eigenvalue weighted by molar-refractivity contribution is 5.83. The molecule has 1 saturated carbocycles. The van der Waals surface area contributed by atoms with E-state index in [1.54, 1.807) is 23.6 Å². The minimum atomic E-state index is -0.507. The molecule has 0 spiro atoms. The Kier molecular flexibility index (Phi) is 4.84. The van der Waals surface area contributed by atoms with Gasteiger partial charge >= 0.3 is 0 Å². The molecule has 9 nitrogen and oxygen atoms in total. The molecule has 1 aliphatic rings. The van der Waals surface area contributed by atoms with Crippen molar-refractivity contribution in [3.8, 4) is 11.5 Å². The molecule has 1 fully saturated rings. The number of anilines is 2. The van der Waals surface area contributed by atoms with E-state index in [0.717, 1.165) is 18.5 Å². The number of rotatable bonds is 6. The van der Waals surface area contributed by atoms with Crippen molar-refractivity contribution in [2.75, 3.05) is 11.1 Å². The summed E-state index contributed by atoms with van der Waals surface area (Å²) in [4.78, 5) is 21.7. The van der Waals surface area contributed by atoms with Crippen LogP contribution in [0.2, 0.25) is 0 Å². The van der Waals surface area contributed by atoms with E-state index in [1.165, 1.54) is 12.4 Å². The number of aromatic nitrogens is 5. The van der Waals surface area contributed by atoms with Gasteiger partial charge in [0, 0.05) is 18.7 Å². The highest BCUT2D eigenvalue weighted by Gasteiger charge is 2.31. The van der Waals surface area contributed by atoms with Crippen LogP contribution in [0, 0.1) is 12.7 Å². The van der Waals surface area contributed by atoms with Crippen molar-refractivity contribution in [2.45, 2.75) is 45.2 Å². The number of nitrogens with two attached hydrogens (primary N) is 1. The number of benzene rings is 1. The second-order valence-electron chi connectivity index (χ2n) is 7.89. The van der Waals surface area contributed by atoms with Gasteiger partial charge < -0.3 is 20.0 Å². The number of hydrogen-bond donors (Lipinski definition) is 2. The van der Waals surface area contributed by atoms with Gasteiger partial charge in [0.1, 0.15) is 29.3 Å². The van der Waals surface area contributed by atoms with Gasteiger partial charge in [-0.2, -0.15) is 0 Å². The Balaban J connectivity index is 1.64. The molecular formula is C22H22FN7O2. The van der Waals surface area contributed by atoms with Crippen LogP contribution in [0.1, 0.15) is 49.9 Å². The van der Waals surface area contributed by atoms with Crippen LogP contribution in [0.25, 0.3) is 22.2 Å². The largest absolute Gasteiger partial charge is 0.421 e. The summed E-state index contributed by atoms with van der Waals surface area (Å²) >= 11 is 0. The van der Waals surface area contributed by atoms with E-state index in [4.69, 9.17) is 10.2 Å². The van der Waals surface area contributed by atoms with Crippen LogP contribution in [0.15, 0.2) is 39.8 Å². The minimum absolute atomic E-state index is 0.0610. The molecular weight excluding hydrogens is 413 g/mol. The van der Waals surface area contributed by atoms with Crippen LogP contribution in [0.5, 0.6) is 0 Å². The normalized spacial score (nSPS) is 14.6. The van der Waals surface area contributed by atoms with Crippen LogP contribution in [-0.2, 0) is 0 Å². The Morgan fingerprint density at radius 1 is 1.31 bits per heavy atom. The van der Waals surface area contributed by atoms with E-state index in [1.807, 2.05) is 13.0 Å². The van der Waals surface area contributed by atoms with Crippen molar-refractivity contribution in [1.82, 2.24) is 24.7 Å². The summed E-state index contributed by atoms with van der Waals surface area (Å²) in [5.74, 6) is 0.703. The van der Waals surface area contributed by atoms with E-state index in [2.05, 4.69) is 25.5 Å². The van der Waals surface area contributed by atoms with Gasteiger partial charge in [0.2, 0.25) is 5.89 Å². The maximum absolute atomic E-state index is 14.5. The molecule has 0 amide bonds.